The van der Waals surface area contributed by atoms with Crippen molar-refractivity contribution in [2.45, 2.75) is 25.9 Å². The molecule has 1 aromatic carbocycles. The number of carbonyl (C=O) groups is 1. The first-order chi connectivity index (χ1) is 11.5. The van der Waals surface area contributed by atoms with Gasteiger partial charge in [0.2, 0.25) is 0 Å². The Kier molecular flexibility index (Phi) is 4.83. The van der Waals surface area contributed by atoms with Gasteiger partial charge in [-0.15, -0.1) is 0 Å². The minimum atomic E-state index is -0.362. The second-order valence-electron chi connectivity index (χ2n) is 6.80. The lowest BCUT2D eigenvalue weighted by molar-refractivity contribution is -0.102. The van der Waals surface area contributed by atoms with Crippen molar-refractivity contribution in [3.8, 4) is 0 Å². The van der Waals surface area contributed by atoms with Gasteiger partial charge in [-0.1, -0.05) is 29.8 Å². The largest absolute Gasteiger partial charge is 0.368 e. The summed E-state index contributed by atoms with van der Waals surface area (Å²) in [5.74, 6) is 0.199. The third kappa shape index (κ3) is 3.74. The average Bonchev–Trinajstić information content (AvgIpc) is 3.01. The molecule has 1 aromatic heterocycles. The van der Waals surface area contributed by atoms with Crippen LogP contribution in [-0.2, 0) is 17.4 Å². The van der Waals surface area contributed by atoms with Crippen LogP contribution in [0.25, 0.3) is 0 Å². The smallest absolute Gasteiger partial charge is 0.164 e. The van der Waals surface area contributed by atoms with E-state index in [1.807, 2.05) is 50.6 Å². The van der Waals surface area contributed by atoms with Crippen LogP contribution in [0.3, 0.4) is 0 Å². The maximum atomic E-state index is 12.4. The summed E-state index contributed by atoms with van der Waals surface area (Å²) in [4.78, 5) is 14.7. The molecule has 1 aliphatic heterocycles. The summed E-state index contributed by atoms with van der Waals surface area (Å²) in [5.41, 5.74) is 2.69. The molecular weight excluding hydrogens is 302 g/mol. The van der Waals surface area contributed by atoms with Crippen molar-refractivity contribution < 1.29 is 9.53 Å². The number of hydrogen-bond donors (Lipinski definition) is 0. The summed E-state index contributed by atoms with van der Waals surface area (Å²) in [6.07, 6.45) is 4.40. The SMILES string of the molecule is Cc1ccc(C(=O)CCN2CCO[C@@](C)(c3cnn(C)c3)C2)cc1. The average molecular weight is 327 g/mol. The molecular formula is C19H25N3O2. The lowest BCUT2D eigenvalue weighted by Crippen LogP contribution is -2.48. The highest BCUT2D eigenvalue weighted by molar-refractivity contribution is 5.96. The Morgan fingerprint density at radius 3 is 2.75 bits per heavy atom. The Morgan fingerprint density at radius 2 is 2.08 bits per heavy atom. The standard InChI is InChI=1S/C19H25N3O2/c1-15-4-6-16(7-5-15)18(23)8-9-22-10-11-24-19(2,14-22)17-12-20-21(3)13-17/h4-7,12-13H,8-11,14H2,1-3H3/t19-/m1/s1. The molecule has 3 rings (SSSR count). The molecule has 1 aliphatic rings. The Morgan fingerprint density at radius 1 is 1.33 bits per heavy atom. The number of morpholine rings is 1. The fourth-order valence-corrected chi connectivity index (χ4v) is 3.15. The van der Waals surface area contributed by atoms with Crippen molar-refractivity contribution in [2.24, 2.45) is 7.05 Å². The van der Waals surface area contributed by atoms with Gasteiger partial charge < -0.3 is 4.74 Å². The molecule has 2 heterocycles. The molecule has 0 radical (unpaired) electrons. The van der Waals surface area contributed by atoms with E-state index in [2.05, 4.69) is 16.9 Å². The fraction of sp³-hybridized carbons (Fsp3) is 0.474. The quantitative estimate of drug-likeness (QED) is 0.792. The van der Waals surface area contributed by atoms with Crippen molar-refractivity contribution in [2.75, 3.05) is 26.2 Å². The van der Waals surface area contributed by atoms with E-state index in [1.54, 1.807) is 4.68 Å². The van der Waals surface area contributed by atoms with Gasteiger partial charge in [-0.25, -0.2) is 0 Å². The van der Waals surface area contributed by atoms with Crippen LogP contribution in [0, 0.1) is 6.92 Å². The summed E-state index contributed by atoms with van der Waals surface area (Å²) < 4.78 is 7.82. The predicted molar refractivity (Wildman–Crippen MR) is 93.1 cm³/mol. The van der Waals surface area contributed by atoms with Gasteiger partial charge in [-0.2, -0.15) is 5.10 Å². The van der Waals surface area contributed by atoms with Crippen molar-refractivity contribution in [1.82, 2.24) is 14.7 Å². The molecule has 0 unspecified atom stereocenters. The number of aromatic nitrogens is 2. The zero-order valence-corrected chi connectivity index (χ0v) is 14.7. The maximum absolute atomic E-state index is 12.4. The van der Waals surface area contributed by atoms with Crippen LogP contribution in [0.15, 0.2) is 36.7 Å². The minimum Gasteiger partial charge on any atom is -0.368 e. The van der Waals surface area contributed by atoms with Gasteiger partial charge in [0.1, 0.15) is 5.60 Å². The van der Waals surface area contributed by atoms with Crippen LogP contribution in [0.2, 0.25) is 0 Å². The summed E-state index contributed by atoms with van der Waals surface area (Å²) >= 11 is 0. The van der Waals surface area contributed by atoms with Crippen molar-refractivity contribution in [3.63, 3.8) is 0 Å². The number of carbonyl (C=O) groups excluding carboxylic acids is 1. The lowest BCUT2D eigenvalue weighted by Gasteiger charge is -2.40. The topological polar surface area (TPSA) is 47.4 Å². The second kappa shape index (κ2) is 6.87. The summed E-state index contributed by atoms with van der Waals surface area (Å²) in [5, 5.41) is 4.25. The number of hydrogen-bond acceptors (Lipinski definition) is 4. The lowest BCUT2D eigenvalue weighted by atomic mass is 9.96. The molecule has 24 heavy (non-hydrogen) atoms. The molecule has 2 aromatic rings. The maximum Gasteiger partial charge on any atom is 0.164 e. The predicted octanol–water partition coefficient (Wildman–Crippen LogP) is 2.55. The number of Topliss-reactive ketones (excluding diaryl/α,β-unsaturated/α-hetero) is 1. The molecule has 0 bridgehead atoms. The van der Waals surface area contributed by atoms with E-state index in [-0.39, 0.29) is 11.4 Å². The minimum absolute atomic E-state index is 0.199. The molecule has 5 nitrogen and oxygen atoms in total. The number of rotatable bonds is 5. The van der Waals surface area contributed by atoms with Gasteiger partial charge in [0.25, 0.3) is 0 Å². The van der Waals surface area contributed by atoms with E-state index in [0.29, 0.717) is 13.0 Å². The van der Waals surface area contributed by atoms with Crippen LogP contribution in [-0.4, -0.2) is 46.7 Å². The summed E-state index contributed by atoms with van der Waals surface area (Å²) in [6, 6.07) is 7.80. The van der Waals surface area contributed by atoms with Gasteiger partial charge in [-0.05, 0) is 13.8 Å². The zero-order chi connectivity index (χ0) is 17.2. The van der Waals surface area contributed by atoms with Crippen LogP contribution in [0.4, 0.5) is 0 Å². The van der Waals surface area contributed by atoms with Gasteiger partial charge in [0.15, 0.2) is 5.78 Å². The van der Waals surface area contributed by atoms with E-state index in [4.69, 9.17) is 4.74 Å². The van der Waals surface area contributed by atoms with Crippen LogP contribution >= 0.6 is 0 Å². The normalized spacial score (nSPS) is 21.8. The Balaban J connectivity index is 1.59. The van der Waals surface area contributed by atoms with E-state index in [9.17, 15) is 4.79 Å². The fourth-order valence-electron chi connectivity index (χ4n) is 3.15. The van der Waals surface area contributed by atoms with Crippen molar-refractivity contribution >= 4 is 5.78 Å². The molecule has 0 N–H and O–H groups in total. The van der Waals surface area contributed by atoms with Crippen LogP contribution in [0.5, 0.6) is 0 Å². The monoisotopic (exact) mass is 327 g/mol. The van der Waals surface area contributed by atoms with Crippen molar-refractivity contribution in [3.05, 3.63) is 53.3 Å². The van der Waals surface area contributed by atoms with E-state index in [0.717, 1.165) is 30.8 Å². The van der Waals surface area contributed by atoms with Gasteiger partial charge >= 0.3 is 0 Å². The molecule has 0 aliphatic carbocycles. The number of nitrogens with zero attached hydrogens (tertiary/aromatic N) is 3. The molecule has 1 atom stereocenters. The molecule has 128 valence electrons. The number of benzene rings is 1. The van der Waals surface area contributed by atoms with Gasteiger partial charge in [0, 0.05) is 50.4 Å². The zero-order valence-electron chi connectivity index (χ0n) is 14.7. The second-order valence-corrected chi connectivity index (χ2v) is 6.80. The Labute approximate surface area is 143 Å². The molecule has 0 amide bonds. The number of ether oxygens (including phenoxy) is 1. The number of ketones is 1. The van der Waals surface area contributed by atoms with Gasteiger partial charge in [0.05, 0.1) is 12.8 Å². The van der Waals surface area contributed by atoms with Crippen LogP contribution in [0.1, 0.15) is 34.8 Å². The molecule has 0 saturated carbocycles. The van der Waals surface area contributed by atoms with Crippen LogP contribution < -0.4 is 0 Å². The third-order valence-corrected chi connectivity index (χ3v) is 4.70. The van der Waals surface area contributed by atoms with Gasteiger partial charge in [-0.3, -0.25) is 14.4 Å². The third-order valence-electron chi connectivity index (χ3n) is 4.70. The summed E-state index contributed by atoms with van der Waals surface area (Å²) in [6.45, 7) is 7.19. The van der Waals surface area contributed by atoms with Crippen molar-refractivity contribution in [1.29, 1.82) is 0 Å². The molecule has 5 heteroatoms. The highest BCUT2D eigenvalue weighted by atomic mass is 16.5. The highest BCUT2D eigenvalue weighted by Crippen LogP contribution is 2.29. The van der Waals surface area contributed by atoms with E-state index < -0.39 is 0 Å². The Hall–Kier alpha value is -1.98. The molecule has 0 spiro atoms. The highest BCUT2D eigenvalue weighted by Gasteiger charge is 2.34. The first-order valence-corrected chi connectivity index (χ1v) is 8.42. The number of aryl methyl sites for hydroxylation is 2. The van der Waals surface area contributed by atoms with E-state index in [1.165, 1.54) is 5.56 Å². The van der Waals surface area contributed by atoms with E-state index >= 15 is 0 Å². The first kappa shape index (κ1) is 16.9. The Bertz CT molecular complexity index is 708. The summed E-state index contributed by atoms with van der Waals surface area (Å²) in [7, 11) is 1.91. The molecule has 1 fully saturated rings. The molecule has 1 saturated heterocycles. The first-order valence-electron chi connectivity index (χ1n) is 8.42.